The van der Waals surface area contributed by atoms with Crippen LogP contribution in [0.25, 0.3) is 6.08 Å². The summed E-state index contributed by atoms with van der Waals surface area (Å²) >= 11 is 5.83. The van der Waals surface area contributed by atoms with E-state index in [4.69, 9.17) is 11.6 Å². The molecular weight excluding hydrogens is 324 g/mol. The van der Waals surface area contributed by atoms with E-state index in [9.17, 15) is 13.9 Å². The van der Waals surface area contributed by atoms with Gasteiger partial charge < -0.3 is 5.11 Å². The predicted octanol–water partition coefficient (Wildman–Crippen LogP) is 3.42. The molecule has 1 N–H and O–H groups in total. The Hall–Kier alpha value is -1.79. The van der Waals surface area contributed by atoms with Crippen molar-refractivity contribution in [1.29, 1.82) is 0 Å². The highest BCUT2D eigenvalue weighted by molar-refractivity contribution is 6.30. The molecule has 1 aliphatic rings. The van der Waals surface area contributed by atoms with E-state index in [-0.39, 0.29) is 13.0 Å². The molecule has 1 aromatic carbocycles. The number of benzene rings is 1. The quantitative estimate of drug-likeness (QED) is 0.908. The van der Waals surface area contributed by atoms with Gasteiger partial charge in [-0.2, -0.15) is 5.10 Å². The summed E-state index contributed by atoms with van der Waals surface area (Å²) in [5.74, 6) is -2.91. The lowest BCUT2D eigenvalue weighted by Gasteiger charge is -2.31. The van der Waals surface area contributed by atoms with Crippen molar-refractivity contribution in [2.45, 2.75) is 31.4 Å². The summed E-state index contributed by atoms with van der Waals surface area (Å²) in [6.07, 6.45) is 5.36. The van der Waals surface area contributed by atoms with Gasteiger partial charge in [-0.15, -0.1) is 0 Å². The first kappa shape index (κ1) is 16.1. The average Bonchev–Trinajstić information content (AvgIpc) is 2.86. The van der Waals surface area contributed by atoms with Crippen molar-refractivity contribution in [3.05, 3.63) is 53.6 Å². The molecule has 1 saturated carbocycles. The summed E-state index contributed by atoms with van der Waals surface area (Å²) in [4.78, 5) is 3.79. The monoisotopic (exact) mass is 339 g/mol. The molecule has 0 aliphatic heterocycles. The van der Waals surface area contributed by atoms with E-state index in [0.717, 1.165) is 5.56 Å². The Balaban J connectivity index is 1.91. The number of nitrogens with zero attached hydrogens (tertiary/aromatic N) is 3. The van der Waals surface area contributed by atoms with Gasteiger partial charge >= 0.3 is 0 Å². The van der Waals surface area contributed by atoms with E-state index < -0.39 is 16.9 Å². The second kappa shape index (κ2) is 5.39. The number of hydrogen-bond acceptors (Lipinski definition) is 3. The Kier molecular flexibility index (Phi) is 3.77. The minimum atomic E-state index is -2.91. The molecular formula is C16H16ClF2N3O. The summed E-state index contributed by atoms with van der Waals surface area (Å²) in [5, 5.41) is 15.4. The van der Waals surface area contributed by atoms with Gasteiger partial charge in [0.05, 0.1) is 12.0 Å². The second-order valence-electron chi connectivity index (χ2n) is 6.12. The zero-order valence-electron chi connectivity index (χ0n) is 12.5. The molecule has 0 amide bonds. The second-order valence-corrected chi connectivity index (χ2v) is 6.55. The molecule has 2 aromatic rings. The minimum absolute atomic E-state index is 0.0941. The van der Waals surface area contributed by atoms with Crippen molar-refractivity contribution >= 4 is 17.7 Å². The third-order valence-electron chi connectivity index (χ3n) is 4.50. The van der Waals surface area contributed by atoms with Crippen LogP contribution < -0.4 is 0 Å². The Morgan fingerprint density at radius 2 is 2.04 bits per heavy atom. The molecule has 1 fully saturated rings. The van der Waals surface area contributed by atoms with Crippen LogP contribution in [0.1, 0.15) is 18.9 Å². The standard InChI is InChI=1S/C16H16ClF2N3O/c1-14(8-16(14,18)19)15(23,9-22-11-20-10-21-22)7-6-12-2-4-13(17)5-3-12/h2-7,10-11,23H,8-9H2,1H3/b7-6+. The molecule has 0 spiro atoms. The fourth-order valence-corrected chi connectivity index (χ4v) is 2.78. The van der Waals surface area contributed by atoms with Crippen LogP contribution in [0.4, 0.5) is 8.78 Å². The summed E-state index contributed by atoms with van der Waals surface area (Å²) in [7, 11) is 0. The maximum absolute atomic E-state index is 13.8. The highest BCUT2D eigenvalue weighted by Crippen LogP contribution is 2.66. The van der Waals surface area contributed by atoms with Crippen LogP contribution in [0, 0.1) is 5.41 Å². The largest absolute Gasteiger partial charge is 0.383 e. The Bertz CT molecular complexity index is 717. The SMILES string of the molecule is CC1(C(O)(/C=C/c2ccc(Cl)cc2)Cn2cncn2)CC1(F)F. The van der Waals surface area contributed by atoms with E-state index in [1.165, 1.54) is 30.3 Å². The van der Waals surface area contributed by atoms with Crippen LogP contribution in [0.5, 0.6) is 0 Å². The van der Waals surface area contributed by atoms with Gasteiger partial charge in [0.2, 0.25) is 0 Å². The molecule has 23 heavy (non-hydrogen) atoms. The van der Waals surface area contributed by atoms with Crippen molar-refractivity contribution in [2.75, 3.05) is 0 Å². The van der Waals surface area contributed by atoms with E-state index in [0.29, 0.717) is 5.02 Å². The zero-order chi connectivity index (χ0) is 16.7. The molecule has 3 rings (SSSR count). The number of rotatable bonds is 5. The molecule has 1 aliphatic carbocycles. The highest BCUT2D eigenvalue weighted by atomic mass is 35.5. The molecule has 2 atom stereocenters. The van der Waals surface area contributed by atoms with Crippen LogP contribution in [0.15, 0.2) is 43.0 Å². The third-order valence-corrected chi connectivity index (χ3v) is 4.76. The lowest BCUT2D eigenvalue weighted by Crippen LogP contribution is -2.43. The molecule has 122 valence electrons. The maximum Gasteiger partial charge on any atom is 0.257 e. The zero-order valence-corrected chi connectivity index (χ0v) is 13.2. The fraction of sp³-hybridized carbons (Fsp3) is 0.375. The van der Waals surface area contributed by atoms with Gasteiger partial charge in [0.1, 0.15) is 18.3 Å². The number of halogens is 3. The molecule has 0 bridgehead atoms. The first-order valence-corrected chi connectivity index (χ1v) is 7.51. The summed E-state index contributed by atoms with van der Waals surface area (Å²) in [5.41, 5.74) is -2.52. The van der Waals surface area contributed by atoms with Crippen LogP contribution in [0.2, 0.25) is 5.02 Å². The van der Waals surface area contributed by atoms with Crippen molar-refractivity contribution in [3.8, 4) is 0 Å². The third kappa shape index (κ3) is 2.88. The van der Waals surface area contributed by atoms with Gasteiger partial charge in [-0.3, -0.25) is 0 Å². The van der Waals surface area contributed by atoms with Gasteiger partial charge in [-0.05, 0) is 23.8 Å². The number of aromatic nitrogens is 3. The minimum Gasteiger partial charge on any atom is -0.383 e. The highest BCUT2D eigenvalue weighted by Gasteiger charge is 2.76. The summed E-state index contributed by atoms with van der Waals surface area (Å²) in [6, 6.07) is 6.90. The summed E-state index contributed by atoms with van der Waals surface area (Å²) in [6.45, 7) is 1.29. The molecule has 0 radical (unpaired) electrons. The number of hydrogen-bond donors (Lipinski definition) is 1. The molecule has 7 heteroatoms. The van der Waals surface area contributed by atoms with Gasteiger partial charge in [0, 0.05) is 11.4 Å². The molecule has 4 nitrogen and oxygen atoms in total. The Labute approximate surface area is 137 Å². The topological polar surface area (TPSA) is 50.9 Å². The van der Waals surface area contributed by atoms with Gasteiger partial charge in [0.15, 0.2) is 0 Å². The number of alkyl halides is 2. The first-order valence-electron chi connectivity index (χ1n) is 7.13. The van der Waals surface area contributed by atoms with Crippen molar-refractivity contribution in [2.24, 2.45) is 5.41 Å². The molecule has 2 unspecified atom stereocenters. The van der Waals surface area contributed by atoms with Crippen LogP contribution >= 0.6 is 11.6 Å². The molecule has 1 aromatic heterocycles. The van der Waals surface area contributed by atoms with Crippen LogP contribution in [-0.2, 0) is 6.54 Å². The van der Waals surface area contributed by atoms with Gasteiger partial charge in [-0.25, -0.2) is 18.4 Å². The summed E-state index contributed by atoms with van der Waals surface area (Å²) < 4.78 is 29.0. The van der Waals surface area contributed by atoms with Crippen molar-refractivity contribution in [1.82, 2.24) is 14.8 Å². The van der Waals surface area contributed by atoms with E-state index >= 15 is 0 Å². The lowest BCUT2D eigenvalue weighted by molar-refractivity contribution is -0.0565. The normalized spacial score (nSPS) is 25.4. The van der Waals surface area contributed by atoms with Crippen LogP contribution in [0.3, 0.4) is 0 Å². The van der Waals surface area contributed by atoms with Crippen molar-refractivity contribution < 1.29 is 13.9 Å². The molecule has 0 saturated heterocycles. The smallest absolute Gasteiger partial charge is 0.257 e. The van der Waals surface area contributed by atoms with Gasteiger partial charge in [-0.1, -0.05) is 36.7 Å². The Morgan fingerprint density at radius 1 is 1.39 bits per heavy atom. The van der Waals surface area contributed by atoms with Crippen LogP contribution in [-0.4, -0.2) is 31.4 Å². The van der Waals surface area contributed by atoms with E-state index in [2.05, 4.69) is 10.1 Å². The lowest BCUT2D eigenvalue weighted by atomic mass is 9.84. The Morgan fingerprint density at radius 3 is 2.57 bits per heavy atom. The first-order chi connectivity index (χ1) is 10.8. The fourth-order valence-electron chi connectivity index (χ4n) is 2.65. The van der Waals surface area contributed by atoms with E-state index in [1.807, 2.05) is 0 Å². The average molecular weight is 340 g/mol. The number of aliphatic hydroxyl groups is 1. The molecule has 1 heterocycles. The van der Waals surface area contributed by atoms with E-state index in [1.54, 1.807) is 30.3 Å². The maximum atomic E-state index is 13.8. The van der Waals surface area contributed by atoms with Gasteiger partial charge in [0.25, 0.3) is 5.92 Å². The predicted molar refractivity (Wildman–Crippen MR) is 83.1 cm³/mol. The van der Waals surface area contributed by atoms with Crippen molar-refractivity contribution in [3.63, 3.8) is 0 Å².